The van der Waals surface area contributed by atoms with Gasteiger partial charge in [0, 0.05) is 49.3 Å². The molecule has 1 atom stereocenters. The number of carbonyl (C=O) groups is 1. The summed E-state index contributed by atoms with van der Waals surface area (Å²) in [5.74, 6) is 0.804. The molecule has 212 valence electrons. The number of hydrogen-bond acceptors (Lipinski definition) is 8. The average Bonchev–Trinajstić information content (AvgIpc) is 3.52. The Kier molecular flexibility index (Phi) is 8.29. The number of ether oxygens (including phenoxy) is 1. The van der Waals surface area contributed by atoms with E-state index in [1.54, 1.807) is 6.07 Å². The highest BCUT2D eigenvalue weighted by atomic mass is 35.5. The minimum Gasteiger partial charge on any atom is -0.494 e. The highest BCUT2D eigenvalue weighted by Gasteiger charge is 2.33. The Morgan fingerprint density at radius 1 is 1.20 bits per heavy atom. The van der Waals surface area contributed by atoms with Crippen molar-refractivity contribution in [2.45, 2.75) is 46.2 Å². The summed E-state index contributed by atoms with van der Waals surface area (Å²) in [6, 6.07) is 8.84. The molecule has 1 N–H and O–H groups in total. The quantitative estimate of drug-likeness (QED) is 0.222. The molecular weight excluding hydrogens is 571 g/mol. The first-order valence-electron chi connectivity index (χ1n) is 13.2. The van der Waals surface area contributed by atoms with E-state index in [4.69, 9.17) is 37.4 Å². The van der Waals surface area contributed by atoms with Crippen LogP contribution in [0.2, 0.25) is 10.0 Å². The van der Waals surface area contributed by atoms with Crippen LogP contribution in [0.25, 0.3) is 21.5 Å². The van der Waals surface area contributed by atoms with Crippen LogP contribution >= 0.6 is 34.5 Å². The molecule has 1 fully saturated rings. The van der Waals surface area contributed by atoms with Crippen molar-refractivity contribution >= 4 is 55.9 Å². The topological polar surface area (TPSA) is 91.9 Å². The van der Waals surface area contributed by atoms with E-state index in [2.05, 4.69) is 42.7 Å². The number of benzene rings is 2. The maximum absolute atomic E-state index is 11.6. The molecule has 1 saturated heterocycles. The molecule has 8 nitrogen and oxygen atoms in total. The first-order chi connectivity index (χ1) is 19.1. The van der Waals surface area contributed by atoms with Crippen molar-refractivity contribution in [2.75, 3.05) is 31.6 Å². The average molecular weight is 604 g/mol. The molecule has 0 saturated carbocycles. The summed E-state index contributed by atoms with van der Waals surface area (Å²) in [7, 11) is 1.54. The summed E-state index contributed by atoms with van der Waals surface area (Å²) < 4.78 is 12.1. The zero-order chi connectivity index (χ0) is 28.7. The zero-order valence-electron chi connectivity index (χ0n) is 23.1. The standard InChI is InChI=1S/C29H32Cl2N4O4S/c1-15(2)21-14-34(13-18-25(33-39-27(18)16(3)4)24-19(30)7-6-8-20(24)31)9-10-35(21)29-32-26-22(38-5)11-17(28(36)37)12-23(26)40-29/h6-8,11-12,15-16,21H,9-10,13-14H2,1-5H3,(H,36,37). The Bertz CT molecular complexity index is 1530. The second-order valence-electron chi connectivity index (χ2n) is 10.7. The predicted octanol–water partition coefficient (Wildman–Crippen LogP) is 7.44. The van der Waals surface area contributed by atoms with Crippen LogP contribution < -0.4 is 9.64 Å². The molecule has 0 amide bonds. The fourth-order valence-electron chi connectivity index (χ4n) is 5.28. The molecule has 1 unspecified atom stereocenters. The van der Waals surface area contributed by atoms with E-state index in [1.807, 2.05) is 18.2 Å². The van der Waals surface area contributed by atoms with Crippen molar-refractivity contribution in [1.82, 2.24) is 15.0 Å². The smallest absolute Gasteiger partial charge is 0.335 e. The van der Waals surface area contributed by atoms with Gasteiger partial charge in [-0.2, -0.15) is 0 Å². The minimum atomic E-state index is -0.990. The van der Waals surface area contributed by atoms with Gasteiger partial charge in [-0.15, -0.1) is 0 Å². The molecule has 2 aromatic carbocycles. The van der Waals surface area contributed by atoms with E-state index in [0.717, 1.165) is 40.8 Å². The molecule has 11 heteroatoms. The van der Waals surface area contributed by atoms with Gasteiger partial charge in [0.2, 0.25) is 0 Å². The molecule has 3 heterocycles. The third-order valence-electron chi connectivity index (χ3n) is 7.36. The lowest BCUT2D eigenvalue weighted by Gasteiger charge is -2.43. The van der Waals surface area contributed by atoms with Gasteiger partial charge in [-0.25, -0.2) is 9.78 Å². The van der Waals surface area contributed by atoms with Gasteiger partial charge in [-0.05, 0) is 30.2 Å². The van der Waals surface area contributed by atoms with Gasteiger partial charge < -0.3 is 19.3 Å². The van der Waals surface area contributed by atoms with Crippen LogP contribution in [0.3, 0.4) is 0 Å². The maximum Gasteiger partial charge on any atom is 0.335 e. The molecule has 5 rings (SSSR count). The highest BCUT2D eigenvalue weighted by Crippen LogP contribution is 2.40. The number of methoxy groups -OCH3 is 1. The monoisotopic (exact) mass is 602 g/mol. The number of nitrogens with zero attached hydrogens (tertiary/aromatic N) is 4. The fraction of sp³-hybridized carbons (Fsp3) is 0.414. The number of aromatic carboxylic acids is 1. The van der Waals surface area contributed by atoms with Gasteiger partial charge in [-0.1, -0.05) is 73.5 Å². The second kappa shape index (κ2) is 11.6. The molecule has 4 aromatic rings. The maximum atomic E-state index is 11.6. The molecule has 1 aliphatic rings. The molecule has 1 aliphatic heterocycles. The van der Waals surface area contributed by atoms with Gasteiger partial charge in [0.1, 0.15) is 22.7 Å². The summed E-state index contributed by atoms with van der Waals surface area (Å²) in [5, 5.41) is 15.9. The van der Waals surface area contributed by atoms with Gasteiger partial charge in [0.15, 0.2) is 5.13 Å². The van der Waals surface area contributed by atoms with Crippen molar-refractivity contribution in [3.05, 3.63) is 57.3 Å². The van der Waals surface area contributed by atoms with E-state index in [-0.39, 0.29) is 17.5 Å². The van der Waals surface area contributed by atoms with Crippen molar-refractivity contribution in [1.29, 1.82) is 0 Å². The molecule has 0 aliphatic carbocycles. The predicted molar refractivity (Wildman–Crippen MR) is 160 cm³/mol. The lowest BCUT2D eigenvalue weighted by atomic mass is 9.97. The minimum absolute atomic E-state index is 0.146. The number of aromatic nitrogens is 2. The Hall–Kier alpha value is -2.85. The van der Waals surface area contributed by atoms with Gasteiger partial charge >= 0.3 is 5.97 Å². The lowest BCUT2D eigenvalue weighted by molar-refractivity contribution is 0.0696. The van der Waals surface area contributed by atoms with Gasteiger partial charge in [0.05, 0.1) is 27.4 Å². The first kappa shape index (κ1) is 28.7. The highest BCUT2D eigenvalue weighted by molar-refractivity contribution is 7.22. The number of carboxylic acid groups (broad SMARTS) is 1. The van der Waals surface area contributed by atoms with Crippen LogP contribution in [-0.4, -0.2) is 58.9 Å². The van der Waals surface area contributed by atoms with Gasteiger partial charge in [0.25, 0.3) is 0 Å². The normalized spacial score (nSPS) is 16.4. The Labute approximate surface area is 247 Å². The molecule has 40 heavy (non-hydrogen) atoms. The first-order valence-corrected chi connectivity index (χ1v) is 14.8. The van der Waals surface area contributed by atoms with Crippen LogP contribution in [0.4, 0.5) is 5.13 Å². The van der Waals surface area contributed by atoms with E-state index >= 15 is 0 Å². The zero-order valence-corrected chi connectivity index (χ0v) is 25.4. The van der Waals surface area contributed by atoms with Crippen molar-refractivity contribution < 1.29 is 19.2 Å². The van der Waals surface area contributed by atoms with Crippen LogP contribution in [0.1, 0.15) is 55.3 Å². The van der Waals surface area contributed by atoms with Crippen molar-refractivity contribution in [3.8, 4) is 17.0 Å². The number of hydrogen-bond donors (Lipinski definition) is 1. The fourth-order valence-corrected chi connectivity index (χ4v) is 6.97. The summed E-state index contributed by atoms with van der Waals surface area (Å²) in [5.41, 5.74) is 3.26. The second-order valence-corrected chi connectivity index (χ2v) is 12.5. The third-order valence-corrected chi connectivity index (χ3v) is 9.03. The summed E-state index contributed by atoms with van der Waals surface area (Å²) in [6.07, 6.45) is 0. The van der Waals surface area contributed by atoms with Crippen LogP contribution in [0.5, 0.6) is 5.75 Å². The van der Waals surface area contributed by atoms with E-state index in [1.165, 1.54) is 24.5 Å². The number of piperazine rings is 1. The number of fused-ring (bicyclic) bond motifs is 1. The van der Waals surface area contributed by atoms with E-state index in [9.17, 15) is 9.90 Å². The molecule has 0 bridgehead atoms. The molecule has 0 radical (unpaired) electrons. The summed E-state index contributed by atoms with van der Waals surface area (Å²) in [6.45, 7) is 11.6. The van der Waals surface area contributed by atoms with Crippen molar-refractivity contribution in [3.63, 3.8) is 0 Å². The van der Waals surface area contributed by atoms with Crippen LogP contribution in [0.15, 0.2) is 34.9 Å². The Morgan fingerprint density at radius 3 is 2.55 bits per heavy atom. The lowest BCUT2D eigenvalue weighted by Crippen LogP contribution is -2.55. The SMILES string of the molecule is COc1cc(C(=O)O)cc2sc(N3CCN(Cc4c(-c5c(Cl)cccc5Cl)noc4C(C)C)CC3C(C)C)nc12. The largest absolute Gasteiger partial charge is 0.494 e. The number of anilines is 1. The molecule has 2 aromatic heterocycles. The number of rotatable bonds is 8. The molecular formula is C29H32Cl2N4O4S. The molecule has 0 spiro atoms. The van der Waals surface area contributed by atoms with E-state index < -0.39 is 5.97 Å². The Balaban J connectivity index is 1.45. The van der Waals surface area contributed by atoms with Crippen LogP contribution in [-0.2, 0) is 6.54 Å². The Morgan fingerprint density at radius 2 is 1.93 bits per heavy atom. The summed E-state index contributed by atoms with van der Waals surface area (Å²) in [4.78, 5) is 21.3. The van der Waals surface area contributed by atoms with Gasteiger partial charge in [-0.3, -0.25) is 4.90 Å². The number of carboxylic acids is 1. The third kappa shape index (κ3) is 5.40. The van der Waals surface area contributed by atoms with Crippen molar-refractivity contribution in [2.24, 2.45) is 5.92 Å². The summed E-state index contributed by atoms with van der Waals surface area (Å²) >= 11 is 14.6. The van der Waals surface area contributed by atoms with E-state index in [0.29, 0.717) is 45.0 Å². The number of halogens is 2. The van der Waals surface area contributed by atoms with Crippen LogP contribution in [0, 0.1) is 5.92 Å². The number of thiazole rings is 1.